The molecule has 120 valence electrons. The second-order valence-electron chi connectivity index (χ2n) is 6.15. The van der Waals surface area contributed by atoms with E-state index < -0.39 is 11.6 Å². The van der Waals surface area contributed by atoms with Crippen molar-refractivity contribution in [2.75, 3.05) is 19.6 Å². The molecule has 4 nitrogen and oxygen atoms in total. The number of hydrogen-bond donors (Lipinski definition) is 1. The van der Waals surface area contributed by atoms with Crippen LogP contribution in [0.5, 0.6) is 0 Å². The second-order valence-corrected chi connectivity index (χ2v) is 6.15. The predicted molar refractivity (Wildman–Crippen MR) is 79.9 cm³/mol. The van der Waals surface area contributed by atoms with E-state index in [-0.39, 0.29) is 29.0 Å². The Labute approximate surface area is 132 Å². The first-order valence-electron chi connectivity index (χ1n) is 7.69. The summed E-state index contributed by atoms with van der Waals surface area (Å²) in [5.74, 6) is -1.48. The Bertz CT molecular complexity index is 759. The quantitative estimate of drug-likeness (QED) is 0.946. The molecule has 2 saturated heterocycles. The number of furan rings is 1. The van der Waals surface area contributed by atoms with Crippen molar-refractivity contribution >= 4 is 5.91 Å². The van der Waals surface area contributed by atoms with Gasteiger partial charge in [-0.1, -0.05) is 6.07 Å². The van der Waals surface area contributed by atoms with Crippen LogP contribution in [0.2, 0.25) is 0 Å². The van der Waals surface area contributed by atoms with E-state index in [9.17, 15) is 13.6 Å². The lowest BCUT2D eigenvalue weighted by Gasteiger charge is -2.22. The van der Waals surface area contributed by atoms with Gasteiger partial charge in [-0.15, -0.1) is 0 Å². The number of benzene rings is 1. The lowest BCUT2D eigenvalue weighted by molar-refractivity contribution is 0.0897. The Morgan fingerprint density at radius 2 is 2.09 bits per heavy atom. The van der Waals surface area contributed by atoms with E-state index in [4.69, 9.17) is 4.42 Å². The molecule has 2 aliphatic heterocycles. The normalized spacial score (nSPS) is 25.7. The van der Waals surface area contributed by atoms with E-state index in [0.29, 0.717) is 5.92 Å². The molecule has 0 radical (unpaired) electrons. The summed E-state index contributed by atoms with van der Waals surface area (Å²) in [6, 6.07) is 6.97. The van der Waals surface area contributed by atoms with Gasteiger partial charge in [0.05, 0.1) is 5.56 Å². The number of nitrogens with one attached hydrogen (secondary N) is 1. The van der Waals surface area contributed by atoms with Crippen molar-refractivity contribution in [3.63, 3.8) is 0 Å². The highest BCUT2D eigenvalue weighted by molar-refractivity contribution is 5.92. The Kier molecular flexibility index (Phi) is 3.41. The second kappa shape index (κ2) is 5.45. The molecule has 2 aromatic rings. The van der Waals surface area contributed by atoms with Crippen LogP contribution in [0.4, 0.5) is 8.78 Å². The number of nitrogens with zero attached hydrogens (tertiary/aromatic N) is 1. The van der Waals surface area contributed by atoms with Gasteiger partial charge in [0.1, 0.15) is 5.76 Å². The highest BCUT2D eigenvalue weighted by atomic mass is 19.2. The maximum atomic E-state index is 13.8. The smallest absolute Gasteiger partial charge is 0.287 e. The Morgan fingerprint density at radius 3 is 2.83 bits per heavy atom. The van der Waals surface area contributed by atoms with Gasteiger partial charge in [0.25, 0.3) is 5.91 Å². The maximum absolute atomic E-state index is 13.8. The average molecular weight is 318 g/mol. The van der Waals surface area contributed by atoms with Crippen molar-refractivity contribution in [1.29, 1.82) is 0 Å². The molecular formula is C17H16F2N2O2. The van der Waals surface area contributed by atoms with Gasteiger partial charge < -0.3 is 14.6 Å². The molecule has 2 fully saturated rings. The zero-order chi connectivity index (χ0) is 16.0. The van der Waals surface area contributed by atoms with Gasteiger partial charge in [-0.05, 0) is 43.1 Å². The van der Waals surface area contributed by atoms with E-state index in [1.807, 2.05) is 0 Å². The van der Waals surface area contributed by atoms with Gasteiger partial charge in [0.2, 0.25) is 0 Å². The Morgan fingerprint density at radius 1 is 1.22 bits per heavy atom. The third-order valence-electron chi connectivity index (χ3n) is 4.70. The molecule has 1 aromatic heterocycles. The van der Waals surface area contributed by atoms with Crippen molar-refractivity contribution in [3.05, 3.63) is 47.7 Å². The van der Waals surface area contributed by atoms with Crippen LogP contribution >= 0.6 is 0 Å². The minimum Gasteiger partial charge on any atom is -0.451 e. The first kappa shape index (κ1) is 14.4. The molecule has 1 N–H and O–H groups in total. The number of carbonyl (C=O) groups is 1. The number of fused-ring (bicyclic) bond motifs is 2. The maximum Gasteiger partial charge on any atom is 0.287 e. The van der Waals surface area contributed by atoms with Crippen molar-refractivity contribution in [2.45, 2.75) is 12.5 Å². The molecule has 2 aliphatic rings. The Balaban J connectivity index is 1.51. The number of halogens is 2. The van der Waals surface area contributed by atoms with Crippen molar-refractivity contribution < 1.29 is 18.0 Å². The van der Waals surface area contributed by atoms with Crippen LogP contribution in [0.3, 0.4) is 0 Å². The average Bonchev–Trinajstić information content (AvgIpc) is 3.25. The van der Waals surface area contributed by atoms with Crippen molar-refractivity contribution in [2.24, 2.45) is 5.92 Å². The van der Waals surface area contributed by atoms with Gasteiger partial charge in [0, 0.05) is 19.1 Å². The lowest BCUT2D eigenvalue weighted by Crippen LogP contribution is -2.43. The van der Waals surface area contributed by atoms with Crippen LogP contribution in [-0.2, 0) is 0 Å². The summed E-state index contributed by atoms with van der Waals surface area (Å²) in [4.78, 5) is 14.6. The minimum absolute atomic E-state index is 0.00934. The first-order chi connectivity index (χ1) is 11.1. The largest absolute Gasteiger partial charge is 0.451 e. The Hall–Kier alpha value is -2.21. The van der Waals surface area contributed by atoms with Crippen LogP contribution in [0.25, 0.3) is 11.3 Å². The number of hydrogen-bond acceptors (Lipinski definition) is 3. The molecule has 1 unspecified atom stereocenters. The molecule has 0 aliphatic carbocycles. The van der Waals surface area contributed by atoms with Crippen LogP contribution in [0, 0.1) is 17.6 Å². The molecule has 3 heterocycles. The summed E-state index contributed by atoms with van der Waals surface area (Å²) in [6.45, 7) is 2.99. The standard InChI is InChI=1S/C17H16F2N2O2/c18-12-3-1-2-11(16(12)19)14-4-5-15(23-14)17(22)20-13-9-21-7-6-10(13)8-21/h1-5,10,13H,6-9H2,(H,20,22)/t10-,13-/m0/s1. The van der Waals surface area contributed by atoms with E-state index in [2.05, 4.69) is 10.2 Å². The number of carbonyl (C=O) groups excluding carboxylic acids is 1. The number of piperidine rings is 1. The van der Waals surface area contributed by atoms with Crippen LogP contribution in [-0.4, -0.2) is 36.5 Å². The summed E-state index contributed by atoms with van der Waals surface area (Å²) < 4.78 is 32.5. The molecule has 0 spiro atoms. The molecule has 2 bridgehead atoms. The highest BCUT2D eigenvalue weighted by Gasteiger charge is 2.38. The van der Waals surface area contributed by atoms with E-state index in [1.54, 1.807) is 0 Å². The monoisotopic (exact) mass is 318 g/mol. The molecule has 3 atom stereocenters. The highest BCUT2D eigenvalue weighted by Crippen LogP contribution is 2.29. The van der Waals surface area contributed by atoms with Crippen molar-refractivity contribution in [1.82, 2.24) is 10.2 Å². The third kappa shape index (κ3) is 2.53. The van der Waals surface area contributed by atoms with Crippen LogP contribution in [0.1, 0.15) is 17.0 Å². The third-order valence-corrected chi connectivity index (χ3v) is 4.70. The fourth-order valence-corrected chi connectivity index (χ4v) is 3.49. The number of rotatable bonds is 3. The molecule has 23 heavy (non-hydrogen) atoms. The molecular weight excluding hydrogens is 302 g/mol. The molecule has 6 heteroatoms. The SMILES string of the molecule is O=C(N[C@H]1CN2CC[C@H]1C2)c1ccc(-c2cccc(F)c2F)o1. The topological polar surface area (TPSA) is 45.5 Å². The fourth-order valence-electron chi connectivity index (χ4n) is 3.49. The van der Waals surface area contributed by atoms with Crippen molar-refractivity contribution in [3.8, 4) is 11.3 Å². The van der Waals surface area contributed by atoms with E-state index in [1.165, 1.54) is 24.3 Å². The summed E-state index contributed by atoms with van der Waals surface area (Å²) >= 11 is 0. The zero-order valence-electron chi connectivity index (χ0n) is 12.4. The summed E-state index contributed by atoms with van der Waals surface area (Å²) in [5, 5.41) is 2.98. The summed E-state index contributed by atoms with van der Waals surface area (Å²) in [6.07, 6.45) is 1.10. The van der Waals surface area contributed by atoms with E-state index in [0.717, 1.165) is 32.1 Å². The summed E-state index contributed by atoms with van der Waals surface area (Å²) in [5.41, 5.74) is 0.00934. The van der Waals surface area contributed by atoms with Gasteiger partial charge >= 0.3 is 0 Å². The minimum atomic E-state index is -0.977. The first-order valence-corrected chi connectivity index (χ1v) is 7.69. The van der Waals surface area contributed by atoms with E-state index >= 15 is 0 Å². The predicted octanol–water partition coefficient (Wildman–Crippen LogP) is 2.66. The van der Waals surface area contributed by atoms with Gasteiger partial charge in [-0.2, -0.15) is 0 Å². The van der Waals surface area contributed by atoms with Crippen LogP contribution in [0.15, 0.2) is 34.7 Å². The molecule has 0 saturated carbocycles. The molecule has 1 amide bonds. The molecule has 4 rings (SSSR count). The van der Waals surface area contributed by atoms with Gasteiger partial charge in [-0.3, -0.25) is 4.79 Å². The lowest BCUT2D eigenvalue weighted by atomic mass is 10.00. The zero-order valence-corrected chi connectivity index (χ0v) is 12.4. The molecule has 1 aromatic carbocycles. The fraction of sp³-hybridized carbons (Fsp3) is 0.353. The van der Waals surface area contributed by atoms with Gasteiger partial charge in [-0.25, -0.2) is 8.78 Å². The van der Waals surface area contributed by atoms with Crippen LogP contribution < -0.4 is 5.32 Å². The number of amides is 1. The van der Waals surface area contributed by atoms with Gasteiger partial charge in [0.15, 0.2) is 17.4 Å². The summed E-state index contributed by atoms with van der Waals surface area (Å²) in [7, 11) is 0.